The van der Waals surface area contributed by atoms with Crippen molar-refractivity contribution in [3.8, 4) is 0 Å². The summed E-state index contributed by atoms with van der Waals surface area (Å²) in [6, 6.07) is 9.22. The van der Waals surface area contributed by atoms with E-state index in [0.29, 0.717) is 13.2 Å². The van der Waals surface area contributed by atoms with Gasteiger partial charge in [-0.3, -0.25) is 9.48 Å². The quantitative estimate of drug-likeness (QED) is 0.852. The third kappa shape index (κ3) is 3.71. The molecule has 1 aromatic heterocycles. The van der Waals surface area contributed by atoms with E-state index in [0.717, 1.165) is 15.8 Å². The lowest BCUT2D eigenvalue weighted by atomic mass is 10.0. The number of nitrogens with zero attached hydrogens (tertiary/aromatic N) is 3. The lowest BCUT2D eigenvalue weighted by molar-refractivity contribution is -0.0493. The average molecular weight is 349 g/mol. The number of hydrogen-bond donors (Lipinski definition) is 0. The van der Waals surface area contributed by atoms with Crippen LogP contribution < -0.4 is 0 Å². The van der Waals surface area contributed by atoms with Crippen molar-refractivity contribution < 1.29 is 18.3 Å². The van der Waals surface area contributed by atoms with E-state index in [1.54, 1.807) is 4.90 Å². The number of benzene rings is 1. The summed E-state index contributed by atoms with van der Waals surface area (Å²) in [5, 5.41) is 3.85. The molecule has 2 heterocycles. The maximum atomic E-state index is 12.9. The van der Waals surface area contributed by atoms with Gasteiger partial charge in [0, 0.05) is 6.20 Å². The van der Waals surface area contributed by atoms with Crippen LogP contribution >= 0.6 is 0 Å². The Morgan fingerprint density at radius 1 is 1.36 bits per heavy atom. The first-order valence-electron chi connectivity index (χ1n) is 8.25. The van der Waals surface area contributed by atoms with E-state index in [1.165, 1.54) is 12.3 Å². The summed E-state index contributed by atoms with van der Waals surface area (Å²) < 4.78 is 32.3. The number of aryl methyl sites for hydroxylation is 1. The van der Waals surface area contributed by atoms with Gasteiger partial charge < -0.3 is 9.64 Å². The number of carbonyl (C=O) groups is 1. The summed E-state index contributed by atoms with van der Waals surface area (Å²) in [5.74, 6) is -0.299. The van der Waals surface area contributed by atoms with Crippen LogP contribution in [0.25, 0.3) is 0 Å². The SMILES string of the molecule is Cc1ccccc1C1CN(C(=O)c2ccnn2CC(F)F)C(C)CO1. The Kier molecular flexibility index (Phi) is 5.13. The number of ether oxygens (including phenoxy) is 1. The Hall–Kier alpha value is -2.28. The average Bonchev–Trinajstić information content (AvgIpc) is 3.03. The number of morpholine rings is 1. The normalized spacial score (nSPS) is 20.9. The van der Waals surface area contributed by atoms with Crippen LogP contribution in [0.5, 0.6) is 0 Å². The van der Waals surface area contributed by atoms with Gasteiger partial charge in [-0.2, -0.15) is 5.10 Å². The Morgan fingerprint density at radius 3 is 2.84 bits per heavy atom. The van der Waals surface area contributed by atoms with Crippen LogP contribution in [0.15, 0.2) is 36.5 Å². The highest BCUT2D eigenvalue weighted by Gasteiger charge is 2.33. The third-order valence-corrected chi connectivity index (χ3v) is 4.48. The highest BCUT2D eigenvalue weighted by Crippen LogP contribution is 2.28. The fourth-order valence-electron chi connectivity index (χ4n) is 3.11. The molecule has 2 atom stereocenters. The highest BCUT2D eigenvalue weighted by atomic mass is 19.3. The van der Waals surface area contributed by atoms with E-state index < -0.39 is 13.0 Å². The van der Waals surface area contributed by atoms with Gasteiger partial charge in [0.25, 0.3) is 12.3 Å². The molecule has 0 spiro atoms. The summed E-state index contributed by atoms with van der Waals surface area (Å²) in [6.45, 7) is 4.08. The summed E-state index contributed by atoms with van der Waals surface area (Å²) in [7, 11) is 0. The van der Waals surface area contributed by atoms with Crippen molar-refractivity contribution in [3.63, 3.8) is 0 Å². The van der Waals surface area contributed by atoms with Crippen LogP contribution in [0.1, 0.15) is 34.6 Å². The van der Waals surface area contributed by atoms with Crippen molar-refractivity contribution in [1.82, 2.24) is 14.7 Å². The molecule has 0 bridgehead atoms. The van der Waals surface area contributed by atoms with Crippen molar-refractivity contribution in [2.75, 3.05) is 13.2 Å². The van der Waals surface area contributed by atoms with Gasteiger partial charge in [0.1, 0.15) is 18.3 Å². The number of amides is 1. The third-order valence-electron chi connectivity index (χ3n) is 4.48. The Labute approximate surface area is 145 Å². The molecule has 2 unspecified atom stereocenters. The monoisotopic (exact) mass is 349 g/mol. The topological polar surface area (TPSA) is 47.4 Å². The molecule has 7 heteroatoms. The van der Waals surface area contributed by atoms with Crippen molar-refractivity contribution in [2.24, 2.45) is 0 Å². The van der Waals surface area contributed by atoms with E-state index in [1.807, 2.05) is 38.1 Å². The van der Waals surface area contributed by atoms with Crippen LogP contribution in [0.2, 0.25) is 0 Å². The molecule has 1 aliphatic heterocycles. The zero-order chi connectivity index (χ0) is 18.0. The maximum Gasteiger partial charge on any atom is 0.272 e. The standard InChI is InChI=1S/C18H21F2N3O2/c1-12-5-3-4-6-14(12)16-9-22(13(2)11-25-16)18(24)15-7-8-21-23(15)10-17(19)20/h3-8,13,16-17H,9-11H2,1-2H3. The fraction of sp³-hybridized carbons (Fsp3) is 0.444. The minimum atomic E-state index is -2.56. The van der Waals surface area contributed by atoms with Crippen LogP contribution in [0.3, 0.4) is 0 Å². The van der Waals surface area contributed by atoms with Crippen molar-refractivity contribution in [3.05, 3.63) is 53.3 Å². The van der Waals surface area contributed by atoms with E-state index in [2.05, 4.69) is 5.10 Å². The molecule has 2 aromatic rings. The molecular formula is C18H21F2N3O2. The van der Waals surface area contributed by atoms with Gasteiger partial charge in [-0.25, -0.2) is 8.78 Å². The predicted octanol–water partition coefficient (Wildman–Crippen LogP) is 3.06. The smallest absolute Gasteiger partial charge is 0.272 e. The molecule has 5 nitrogen and oxygen atoms in total. The second-order valence-corrected chi connectivity index (χ2v) is 6.27. The van der Waals surface area contributed by atoms with Gasteiger partial charge in [-0.15, -0.1) is 0 Å². The molecule has 1 fully saturated rings. The zero-order valence-corrected chi connectivity index (χ0v) is 14.2. The second kappa shape index (κ2) is 7.31. The minimum Gasteiger partial charge on any atom is -0.370 e. The number of rotatable bonds is 4. The summed E-state index contributed by atoms with van der Waals surface area (Å²) >= 11 is 0. The molecule has 3 rings (SSSR count). The lowest BCUT2D eigenvalue weighted by Gasteiger charge is -2.38. The summed E-state index contributed by atoms with van der Waals surface area (Å²) in [5.41, 5.74) is 2.31. The van der Waals surface area contributed by atoms with Crippen molar-refractivity contribution in [1.29, 1.82) is 0 Å². The number of carbonyl (C=O) groups excluding carboxylic acids is 1. The molecular weight excluding hydrogens is 328 g/mol. The van der Waals surface area contributed by atoms with Gasteiger partial charge in [-0.05, 0) is 31.0 Å². The minimum absolute atomic E-state index is 0.136. The molecule has 1 amide bonds. The molecule has 1 saturated heterocycles. The molecule has 134 valence electrons. The number of halogens is 2. The number of alkyl halides is 2. The van der Waals surface area contributed by atoms with Gasteiger partial charge in [0.2, 0.25) is 0 Å². The summed E-state index contributed by atoms with van der Waals surface area (Å²) in [6.07, 6.45) is -1.42. The predicted molar refractivity (Wildman–Crippen MR) is 88.6 cm³/mol. The van der Waals surface area contributed by atoms with Gasteiger partial charge in [-0.1, -0.05) is 24.3 Å². The molecule has 1 aromatic carbocycles. The first-order chi connectivity index (χ1) is 12.0. The van der Waals surface area contributed by atoms with E-state index in [-0.39, 0.29) is 23.7 Å². The van der Waals surface area contributed by atoms with Crippen molar-refractivity contribution >= 4 is 5.91 Å². The fourth-order valence-corrected chi connectivity index (χ4v) is 3.11. The van der Waals surface area contributed by atoms with Crippen LogP contribution in [-0.2, 0) is 11.3 Å². The lowest BCUT2D eigenvalue weighted by Crippen LogP contribution is -2.48. The van der Waals surface area contributed by atoms with E-state index in [4.69, 9.17) is 4.74 Å². The van der Waals surface area contributed by atoms with Gasteiger partial charge in [0.15, 0.2) is 0 Å². The summed E-state index contributed by atoms with van der Waals surface area (Å²) in [4.78, 5) is 14.6. The van der Waals surface area contributed by atoms with Crippen LogP contribution in [0.4, 0.5) is 8.78 Å². The van der Waals surface area contributed by atoms with Crippen LogP contribution in [-0.4, -0.2) is 46.2 Å². The largest absolute Gasteiger partial charge is 0.370 e. The van der Waals surface area contributed by atoms with E-state index in [9.17, 15) is 13.6 Å². The van der Waals surface area contributed by atoms with Gasteiger partial charge >= 0.3 is 0 Å². The molecule has 0 aliphatic carbocycles. The zero-order valence-electron chi connectivity index (χ0n) is 14.2. The molecule has 0 N–H and O–H groups in total. The number of aromatic nitrogens is 2. The van der Waals surface area contributed by atoms with Crippen LogP contribution in [0, 0.1) is 6.92 Å². The first kappa shape index (κ1) is 17.5. The second-order valence-electron chi connectivity index (χ2n) is 6.27. The molecule has 1 aliphatic rings. The molecule has 0 radical (unpaired) electrons. The Balaban J connectivity index is 1.82. The highest BCUT2D eigenvalue weighted by molar-refractivity contribution is 5.92. The molecule has 0 saturated carbocycles. The van der Waals surface area contributed by atoms with Crippen molar-refractivity contribution in [2.45, 2.75) is 39.0 Å². The Morgan fingerprint density at radius 2 is 2.12 bits per heavy atom. The Bertz CT molecular complexity index is 747. The van der Waals surface area contributed by atoms with Gasteiger partial charge in [0.05, 0.1) is 19.2 Å². The number of hydrogen-bond acceptors (Lipinski definition) is 3. The van der Waals surface area contributed by atoms with E-state index >= 15 is 0 Å². The first-order valence-corrected chi connectivity index (χ1v) is 8.25. The molecule has 25 heavy (non-hydrogen) atoms. The maximum absolute atomic E-state index is 12.9.